The smallest absolute Gasteiger partial charge is 0.269 e. The minimum Gasteiger partial charge on any atom is -0.465 e. The molecule has 2 N–H and O–H groups in total. The Hall–Kier alpha value is -2.89. The monoisotopic (exact) mass is 257 g/mol. The zero-order valence-corrected chi connectivity index (χ0v) is 9.87. The van der Waals surface area contributed by atoms with Gasteiger partial charge in [-0.25, -0.2) is 0 Å². The largest absolute Gasteiger partial charge is 0.465 e. The van der Waals surface area contributed by atoms with Crippen LogP contribution in [0.15, 0.2) is 53.4 Å². The minimum atomic E-state index is -0.459. The van der Waals surface area contributed by atoms with E-state index in [9.17, 15) is 9.59 Å². The van der Waals surface area contributed by atoms with Gasteiger partial charge in [0.05, 0.1) is 6.26 Å². The molecule has 0 aliphatic rings. The number of hydrazine groups is 1. The summed E-state index contributed by atoms with van der Waals surface area (Å²) in [4.78, 5) is 26.8. The van der Waals surface area contributed by atoms with E-state index in [0.717, 1.165) is 0 Å². The predicted octanol–water partition coefficient (Wildman–Crippen LogP) is 1.15. The number of aromatic nitrogens is 1. The van der Waals surface area contributed by atoms with Crippen molar-refractivity contribution in [1.82, 2.24) is 15.8 Å². The number of carbonyl (C=O) groups excluding carboxylic acids is 2. The second kappa shape index (κ2) is 6.15. The zero-order valence-electron chi connectivity index (χ0n) is 9.87. The first-order valence-electron chi connectivity index (χ1n) is 5.47. The van der Waals surface area contributed by atoms with Gasteiger partial charge >= 0.3 is 0 Å². The van der Waals surface area contributed by atoms with Crippen molar-refractivity contribution < 1.29 is 14.0 Å². The van der Waals surface area contributed by atoms with Gasteiger partial charge in [0, 0.05) is 24.0 Å². The number of nitrogens with zero attached hydrogens (tertiary/aromatic N) is 1. The molecule has 0 radical (unpaired) electrons. The Balaban J connectivity index is 1.82. The summed E-state index contributed by atoms with van der Waals surface area (Å²) in [7, 11) is 0. The molecule has 0 fully saturated rings. The molecule has 0 aliphatic heterocycles. The van der Waals surface area contributed by atoms with Crippen LogP contribution in [-0.4, -0.2) is 16.8 Å². The lowest BCUT2D eigenvalue weighted by atomic mass is 10.3. The van der Waals surface area contributed by atoms with Crippen LogP contribution in [0.25, 0.3) is 6.08 Å². The molecule has 0 saturated heterocycles. The first-order chi connectivity index (χ1) is 9.25. The number of rotatable bonds is 3. The Kier molecular flexibility index (Phi) is 4.07. The van der Waals surface area contributed by atoms with Crippen LogP contribution in [-0.2, 0) is 4.79 Å². The molecule has 2 aromatic heterocycles. The average molecular weight is 257 g/mol. The van der Waals surface area contributed by atoms with Crippen LogP contribution < -0.4 is 10.9 Å². The van der Waals surface area contributed by atoms with E-state index in [2.05, 4.69) is 15.8 Å². The number of carbonyl (C=O) groups is 2. The maximum absolute atomic E-state index is 11.6. The van der Waals surface area contributed by atoms with Crippen molar-refractivity contribution >= 4 is 17.9 Å². The molecule has 2 amide bonds. The Labute approximate surface area is 109 Å². The first-order valence-corrected chi connectivity index (χ1v) is 5.47. The predicted molar refractivity (Wildman–Crippen MR) is 67.6 cm³/mol. The van der Waals surface area contributed by atoms with Gasteiger partial charge in [-0.05, 0) is 30.3 Å². The van der Waals surface area contributed by atoms with Gasteiger partial charge in [-0.2, -0.15) is 0 Å². The van der Waals surface area contributed by atoms with Crippen molar-refractivity contribution in [3.63, 3.8) is 0 Å². The third-order valence-electron chi connectivity index (χ3n) is 2.18. The summed E-state index contributed by atoms with van der Waals surface area (Å²) in [6, 6.07) is 6.50. The van der Waals surface area contributed by atoms with Gasteiger partial charge in [0.1, 0.15) is 5.76 Å². The molecule has 0 spiro atoms. The summed E-state index contributed by atoms with van der Waals surface area (Å²) >= 11 is 0. The van der Waals surface area contributed by atoms with Crippen LogP contribution in [0.4, 0.5) is 0 Å². The normalized spacial score (nSPS) is 10.3. The molecular weight excluding hydrogens is 246 g/mol. The highest BCUT2D eigenvalue weighted by molar-refractivity contribution is 5.97. The number of hydrogen-bond donors (Lipinski definition) is 2. The second-order valence-electron chi connectivity index (χ2n) is 3.53. The van der Waals surface area contributed by atoms with Crippen LogP contribution in [0.2, 0.25) is 0 Å². The van der Waals surface area contributed by atoms with Crippen LogP contribution in [0.3, 0.4) is 0 Å². The summed E-state index contributed by atoms with van der Waals surface area (Å²) in [5.74, 6) is -0.323. The van der Waals surface area contributed by atoms with Gasteiger partial charge in [-0.15, -0.1) is 0 Å². The molecule has 6 heteroatoms. The number of nitrogens with one attached hydrogen (secondary N) is 2. The molecule has 0 atom stereocenters. The molecule has 0 bridgehead atoms. The third-order valence-corrected chi connectivity index (χ3v) is 2.18. The molecule has 0 saturated carbocycles. The van der Waals surface area contributed by atoms with E-state index >= 15 is 0 Å². The van der Waals surface area contributed by atoms with Crippen molar-refractivity contribution in [2.75, 3.05) is 0 Å². The van der Waals surface area contributed by atoms with Gasteiger partial charge in [-0.1, -0.05) is 0 Å². The van der Waals surface area contributed by atoms with Crippen molar-refractivity contribution in [3.8, 4) is 0 Å². The standard InChI is InChI=1S/C13H11N3O3/c17-12(4-3-11-2-1-9-19-11)15-16-13(18)10-5-7-14-8-6-10/h1-9H,(H,15,17)(H,16,18). The van der Waals surface area contributed by atoms with Crippen LogP contribution in [0.1, 0.15) is 16.1 Å². The fraction of sp³-hybridized carbons (Fsp3) is 0. The molecule has 2 rings (SSSR count). The Morgan fingerprint density at radius 1 is 1.16 bits per heavy atom. The SMILES string of the molecule is O=C(C=Cc1ccco1)NNC(=O)c1ccncc1. The fourth-order valence-corrected chi connectivity index (χ4v) is 1.28. The molecule has 19 heavy (non-hydrogen) atoms. The fourth-order valence-electron chi connectivity index (χ4n) is 1.28. The lowest BCUT2D eigenvalue weighted by Gasteiger charge is -2.04. The lowest BCUT2D eigenvalue weighted by Crippen LogP contribution is -2.40. The summed E-state index contributed by atoms with van der Waals surface area (Å²) in [5.41, 5.74) is 4.94. The number of furan rings is 1. The Morgan fingerprint density at radius 3 is 2.63 bits per heavy atom. The number of amides is 2. The number of hydrogen-bond acceptors (Lipinski definition) is 4. The van der Waals surface area contributed by atoms with Crippen LogP contribution in [0.5, 0.6) is 0 Å². The van der Waals surface area contributed by atoms with Crippen LogP contribution in [0, 0.1) is 0 Å². The maximum atomic E-state index is 11.6. The van der Waals surface area contributed by atoms with E-state index in [1.165, 1.54) is 30.8 Å². The number of pyridine rings is 1. The Morgan fingerprint density at radius 2 is 1.95 bits per heavy atom. The molecule has 0 aliphatic carbocycles. The van der Waals surface area contributed by atoms with E-state index in [1.807, 2.05) is 0 Å². The van der Waals surface area contributed by atoms with Crippen molar-refractivity contribution in [2.45, 2.75) is 0 Å². The highest BCUT2D eigenvalue weighted by Gasteiger charge is 2.04. The zero-order chi connectivity index (χ0) is 13.5. The first kappa shape index (κ1) is 12.6. The highest BCUT2D eigenvalue weighted by Crippen LogP contribution is 2.01. The molecule has 96 valence electrons. The van der Waals surface area contributed by atoms with Gasteiger partial charge in [0.15, 0.2) is 0 Å². The van der Waals surface area contributed by atoms with Crippen molar-refractivity contribution in [2.24, 2.45) is 0 Å². The van der Waals surface area contributed by atoms with E-state index in [4.69, 9.17) is 4.42 Å². The van der Waals surface area contributed by atoms with Crippen molar-refractivity contribution in [3.05, 3.63) is 60.3 Å². The summed E-state index contributed by atoms with van der Waals surface area (Å²) in [6.07, 6.45) is 7.24. The maximum Gasteiger partial charge on any atom is 0.269 e. The van der Waals surface area contributed by atoms with E-state index in [0.29, 0.717) is 11.3 Å². The summed E-state index contributed by atoms with van der Waals surface area (Å²) in [5, 5.41) is 0. The van der Waals surface area contributed by atoms with Gasteiger partial charge < -0.3 is 4.42 Å². The van der Waals surface area contributed by atoms with Gasteiger partial charge in [-0.3, -0.25) is 25.4 Å². The van der Waals surface area contributed by atoms with Crippen LogP contribution >= 0.6 is 0 Å². The molecule has 2 heterocycles. The molecule has 0 unspecified atom stereocenters. The lowest BCUT2D eigenvalue weighted by molar-refractivity contribution is -0.117. The minimum absolute atomic E-state index is 0.408. The topological polar surface area (TPSA) is 84.2 Å². The third kappa shape index (κ3) is 3.81. The molecule has 0 aromatic carbocycles. The quantitative estimate of drug-likeness (QED) is 0.638. The molecule has 2 aromatic rings. The highest BCUT2D eigenvalue weighted by atomic mass is 16.3. The van der Waals surface area contributed by atoms with E-state index in [1.54, 1.807) is 24.3 Å². The summed E-state index contributed by atoms with van der Waals surface area (Å²) in [6.45, 7) is 0. The summed E-state index contributed by atoms with van der Waals surface area (Å²) < 4.78 is 5.02. The van der Waals surface area contributed by atoms with Crippen molar-refractivity contribution in [1.29, 1.82) is 0 Å². The average Bonchev–Trinajstić information content (AvgIpc) is 2.96. The Bertz CT molecular complexity index is 576. The van der Waals surface area contributed by atoms with E-state index in [-0.39, 0.29) is 0 Å². The van der Waals surface area contributed by atoms with Gasteiger partial charge in [0.25, 0.3) is 11.8 Å². The second-order valence-corrected chi connectivity index (χ2v) is 3.53. The van der Waals surface area contributed by atoms with Gasteiger partial charge in [0.2, 0.25) is 0 Å². The van der Waals surface area contributed by atoms with E-state index < -0.39 is 11.8 Å². The molecule has 6 nitrogen and oxygen atoms in total. The molecular formula is C13H11N3O3.